The van der Waals surface area contributed by atoms with Crippen LogP contribution in [0.4, 0.5) is 0 Å². The Bertz CT molecular complexity index is 529. The molecule has 8 aliphatic rings. The summed E-state index contributed by atoms with van der Waals surface area (Å²) in [6.07, 6.45) is 18.3. The van der Waals surface area contributed by atoms with Gasteiger partial charge in [-0.1, -0.05) is 0 Å². The third-order valence-electron chi connectivity index (χ3n) is 10.2. The van der Waals surface area contributed by atoms with Crippen LogP contribution in [0.15, 0.2) is 4.99 Å². The molecule has 0 aromatic rings. The molecule has 0 aliphatic heterocycles. The van der Waals surface area contributed by atoms with Gasteiger partial charge in [0, 0.05) is 11.1 Å². The van der Waals surface area contributed by atoms with Crippen molar-refractivity contribution in [1.82, 2.24) is 0 Å². The Morgan fingerprint density at radius 2 is 1.04 bits per heavy atom. The van der Waals surface area contributed by atoms with Crippen molar-refractivity contribution in [3.63, 3.8) is 0 Å². The normalized spacial score (nSPS) is 57.3. The highest BCUT2D eigenvalue weighted by atomic mass is 14.9. The van der Waals surface area contributed by atoms with Gasteiger partial charge in [0.1, 0.15) is 0 Å². The summed E-state index contributed by atoms with van der Waals surface area (Å²) in [5.41, 5.74) is 2.72. The molecule has 25 heavy (non-hydrogen) atoms. The first-order valence-electron chi connectivity index (χ1n) is 11.6. The van der Waals surface area contributed by atoms with Crippen LogP contribution in [0, 0.1) is 46.3 Å². The van der Waals surface area contributed by atoms with E-state index in [-0.39, 0.29) is 0 Å². The number of nitrogens with zero attached hydrogens (tertiary/aromatic N) is 1. The lowest BCUT2D eigenvalue weighted by Gasteiger charge is -2.59. The Morgan fingerprint density at radius 3 is 1.44 bits per heavy atom. The van der Waals surface area contributed by atoms with Crippen LogP contribution in [-0.4, -0.2) is 11.8 Å². The zero-order valence-electron chi connectivity index (χ0n) is 16.5. The van der Waals surface area contributed by atoms with E-state index in [9.17, 15) is 0 Å². The summed E-state index contributed by atoms with van der Waals surface area (Å²) in [6, 6.07) is 0.592. The standard InChI is InChI=1S/C24H37N/c1-15(23-9-17-3-18(10-23)5-19(4-17)11-23)25-16(2)24-12-20-6-21(13-24)8-22(7-20)14-24/h15,17-22H,3-14H2,1-2H3. The quantitative estimate of drug-likeness (QED) is 0.537. The van der Waals surface area contributed by atoms with Gasteiger partial charge >= 0.3 is 0 Å². The van der Waals surface area contributed by atoms with Gasteiger partial charge in [-0.05, 0) is 132 Å². The molecule has 1 nitrogen and oxygen atoms in total. The van der Waals surface area contributed by atoms with Gasteiger partial charge < -0.3 is 0 Å². The molecule has 0 saturated heterocycles. The van der Waals surface area contributed by atoms with Gasteiger partial charge in [0.25, 0.3) is 0 Å². The van der Waals surface area contributed by atoms with Crippen molar-refractivity contribution in [3.8, 4) is 0 Å². The van der Waals surface area contributed by atoms with Crippen LogP contribution in [0.5, 0.6) is 0 Å². The average molecular weight is 340 g/mol. The van der Waals surface area contributed by atoms with Gasteiger partial charge in [0.05, 0.1) is 6.04 Å². The van der Waals surface area contributed by atoms with E-state index in [0.717, 1.165) is 35.5 Å². The molecule has 138 valence electrons. The lowest BCUT2D eigenvalue weighted by Crippen LogP contribution is -2.52. The Labute approximate surface area is 154 Å². The fourth-order valence-electron chi connectivity index (χ4n) is 9.81. The Balaban J connectivity index is 1.28. The minimum Gasteiger partial charge on any atom is -0.290 e. The first kappa shape index (κ1) is 15.7. The first-order chi connectivity index (χ1) is 12.0. The van der Waals surface area contributed by atoms with Gasteiger partial charge in [-0.2, -0.15) is 0 Å². The van der Waals surface area contributed by atoms with Crippen LogP contribution in [0.25, 0.3) is 0 Å². The van der Waals surface area contributed by atoms with Gasteiger partial charge in [0.15, 0.2) is 0 Å². The minimum atomic E-state index is 0.533. The SMILES string of the molecule is CC(=NC(C)C12CC3CC(CC(C3)C1)C2)C12CC3CC(CC(C3)C1)C2. The maximum Gasteiger partial charge on any atom is 0.0527 e. The summed E-state index contributed by atoms with van der Waals surface area (Å²) in [5, 5.41) is 0. The maximum absolute atomic E-state index is 5.57. The van der Waals surface area contributed by atoms with Gasteiger partial charge in [-0.3, -0.25) is 4.99 Å². The van der Waals surface area contributed by atoms with Crippen molar-refractivity contribution in [3.05, 3.63) is 0 Å². The lowest BCUT2D eigenvalue weighted by atomic mass is 9.47. The highest BCUT2D eigenvalue weighted by Gasteiger charge is 2.55. The molecule has 1 heteroatoms. The number of hydrogen-bond acceptors (Lipinski definition) is 1. The number of rotatable bonds is 3. The van der Waals surface area contributed by atoms with E-state index < -0.39 is 0 Å². The first-order valence-corrected chi connectivity index (χ1v) is 11.6. The minimum absolute atomic E-state index is 0.533. The predicted octanol–water partition coefficient (Wildman–Crippen LogP) is 6.27. The molecule has 0 aromatic heterocycles. The molecule has 0 N–H and O–H groups in total. The molecule has 1 atom stereocenters. The van der Waals surface area contributed by atoms with Crippen LogP contribution >= 0.6 is 0 Å². The molecule has 8 saturated carbocycles. The Hall–Kier alpha value is -0.330. The fraction of sp³-hybridized carbons (Fsp3) is 0.958. The van der Waals surface area contributed by atoms with Crippen molar-refractivity contribution < 1.29 is 0 Å². The average Bonchev–Trinajstić information content (AvgIpc) is 2.52. The molecule has 8 rings (SSSR count). The monoisotopic (exact) mass is 339 g/mol. The van der Waals surface area contributed by atoms with Crippen LogP contribution in [0.2, 0.25) is 0 Å². The second-order valence-electron chi connectivity index (χ2n) is 11.9. The van der Waals surface area contributed by atoms with Crippen LogP contribution in [-0.2, 0) is 0 Å². The zero-order chi connectivity index (χ0) is 16.8. The molecule has 8 bridgehead atoms. The molecule has 0 spiro atoms. The van der Waals surface area contributed by atoms with Crippen molar-refractivity contribution >= 4 is 5.71 Å². The van der Waals surface area contributed by atoms with Crippen molar-refractivity contribution in [1.29, 1.82) is 0 Å². The van der Waals surface area contributed by atoms with Crippen molar-refractivity contribution in [2.45, 2.75) is 96.9 Å². The summed E-state index contributed by atoms with van der Waals surface area (Å²) in [4.78, 5) is 5.57. The fourth-order valence-corrected chi connectivity index (χ4v) is 9.81. The summed E-state index contributed by atoms with van der Waals surface area (Å²) in [7, 11) is 0. The zero-order valence-corrected chi connectivity index (χ0v) is 16.5. The van der Waals surface area contributed by atoms with Crippen molar-refractivity contribution in [2.75, 3.05) is 0 Å². The second kappa shape index (κ2) is 5.14. The Kier molecular flexibility index (Phi) is 3.23. The van der Waals surface area contributed by atoms with E-state index in [1.807, 2.05) is 0 Å². The van der Waals surface area contributed by atoms with E-state index >= 15 is 0 Å². The van der Waals surface area contributed by atoms with Crippen LogP contribution in [0.3, 0.4) is 0 Å². The summed E-state index contributed by atoms with van der Waals surface area (Å²) >= 11 is 0. The van der Waals surface area contributed by atoms with Gasteiger partial charge in [-0.15, -0.1) is 0 Å². The number of aliphatic imine (C=N–C) groups is 1. The summed E-state index contributed by atoms with van der Waals surface area (Å²) in [5.74, 6) is 6.32. The van der Waals surface area contributed by atoms with E-state index in [2.05, 4.69) is 13.8 Å². The summed E-state index contributed by atoms with van der Waals surface area (Å²) in [6.45, 7) is 4.96. The third-order valence-corrected chi connectivity index (χ3v) is 10.2. The number of hydrogen-bond donors (Lipinski definition) is 0. The highest BCUT2D eigenvalue weighted by molar-refractivity contribution is 5.88. The molecular formula is C24H37N. The molecule has 0 amide bonds. The predicted molar refractivity (Wildman–Crippen MR) is 104 cm³/mol. The molecule has 1 unspecified atom stereocenters. The van der Waals surface area contributed by atoms with Crippen molar-refractivity contribution in [2.24, 2.45) is 51.3 Å². The summed E-state index contributed by atoms with van der Waals surface area (Å²) < 4.78 is 0. The molecular weight excluding hydrogens is 302 g/mol. The molecule has 0 heterocycles. The maximum atomic E-state index is 5.57. The van der Waals surface area contributed by atoms with E-state index in [1.165, 1.54) is 38.5 Å². The second-order valence-corrected chi connectivity index (χ2v) is 11.9. The molecule has 0 aromatic carbocycles. The smallest absolute Gasteiger partial charge is 0.0527 e. The third kappa shape index (κ3) is 2.29. The molecule has 8 fully saturated rings. The van der Waals surface area contributed by atoms with E-state index in [1.54, 1.807) is 44.2 Å². The highest BCUT2D eigenvalue weighted by Crippen LogP contribution is 2.63. The van der Waals surface area contributed by atoms with E-state index in [0.29, 0.717) is 16.9 Å². The van der Waals surface area contributed by atoms with Crippen LogP contribution < -0.4 is 0 Å². The molecule has 0 radical (unpaired) electrons. The largest absolute Gasteiger partial charge is 0.290 e. The van der Waals surface area contributed by atoms with E-state index in [4.69, 9.17) is 4.99 Å². The lowest BCUT2D eigenvalue weighted by molar-refractivity contribution is -0.0639. The van der Waals surface area contributed by atoms with Gasteiger partial charge in [0.2, 0.25) is 0 Å². The van der Waals surface area contributed by atoms with Gasteiger partial charge in [-0.25, -0.2) is 0 Å². The molecule has 8 aliphatic carbocycles. The Morgan fingerprint density at radius 1 is 0.680 bits per heavy atom. The topological polar surface area (TPSA) is 12.4 Å². The van der Waals surface area contributed by atoms with Crippen LogP contribution in [0.1, 0.15) is 90.9 Å².